The average molecular weight is 825 g/mol. The quantitative estimate of drug-likeness (QED) is 0.291. The van der Waals surface area contributed by atoms with Crippen LogP contribution in [0.5, 0.6) is 0 Å². The van der Waals surface area contributed by atoms with E-state index in [9.17, 15) is 57.5 Å². The van der Waals surface area contributed by atoms with Gasteiger partial charge in [-0.1, -0.05) is 15.2 Å². The molecule has 0 aliphatic carbocycles. The van der Waals surface area contributed by atoms with Crippen molar-refractivity contribution >= 4 is 71.5 Å². The Morgan fingerprint density at radius 3 is 0.879 bits per heavy atom. The molecular formula is C36H48N4O18. The second kappa shape index (κ2) is 19.6. The van der Waals surface area contributed by atoms with E-state index in [0.717, 1.165) is 24.3 Å². The summed E-state index contributed by atoms with van der Waals surface area (Å²) >= 11 is 0. The van der Waals surface area contributed by atoms with Crippen LogP contribution >= 0.6 is 0 Å². The van der Waals surface area contributed by atoms with Crippen LogP contribution in [-0.4, -0.2) is 103 Å². The predicted octanol–water partition coefficient (Wildman–Crippen LogP) is 2.84. The van der Waals surface area contributed by atoms with Gasteiger partial charge in [-0.3, -0.25) is 48.0 Å². The van der Waals surface area contributed by atoms with Crippen molar-refractivity contribution in [2.75, 3.05) is 0 Å². The number of nitrogens with zero attached hydrogens (tertiary/aromatic N) is 4. The molecule has 22 heteroatoms. The zero-order chi connectivity index (χ0) is 45.1. The first kappa shape index (κ1) is 49.5. The molecule has 4 aliphatic heterocycles. The Morgan fingerprint density at radius 2 is 0.621 bits per heavy atom. The highest BCUT2D eigenvalue weighted by Gasteiger charge is 2.37. The summed E-state index contributed by atoms with van der Waals surface area (Å²) in [6.07, 6.45) is 2.37. The molecule has 0 unspecified atom stereocenters. The molecule has 0 aromatic carbocycles. The Kier molecular flexibility index (Phi) is 16.7. The lowest BCUT2D eigenvalue weighted by Gasteiger charge is -2.20. The zero-order valence-corrected chi connectivity index (χ0v) is 34.3. The van der Waals surface area contributed by atoms with Crippen molar-refractivity contribution in [2.45, 2.75) is 120 Å². The molecule has 0 aromatic rings. The van der Waals surface area contributed by atoms with Crippen molar-refractivity contribution in [1.82, 2.24) is 20.3 Å². The van der Waals surface area contributed by atoms with Gasteiger partial charge in [-0.2, -0.15) is 0 Å². The summed E-state index contributed by atoms with van der Waals surface area (Å²) in [5.74, 6) is -5.82. The second-order valence-corrected chi connectivity index (χ2v) is 16.1. The molecule has 0 bridgehead atoms. The van der Waals surface area contributed by atoms with Gasteiger partial charge in [0.05, 0.1) is 10.8 Å². The Labute approximate surface area is 333 Å². The van der Waals surface area contributed by atoms with Crippen LogP contribution < -0.4 is 0 Å². The van der Waals surface area contributed by atoms with Crippen molar-refractivity contribution in [2.24, 2.45) is 10.8 Å². The lowest BCUT2D eigenvalue weighted by Crippen LogP contribution is -2.37. The fourth-order valence-corrected chi connectivity index (χ4v) is 3.39. The van der Waals surface area contributed by atoms with Crippen LogP contribution in [0, 0.1) is 10.8 Å². The molecule has 0 aromatic heterocycles. The number of imide groups is 4. The lowest BCUT2D eigenvalue weighted by atomic mass is 9.98. The van der Waals surface area contributed by atoms with Gasteiger partial charge in [0.15, 0.2) is 0 Å². The molecule has 2 fully saturated rings. The summed E-state index contributed by atoms with van der Waals surface area (Å²) in [7, 11) is 0. The molecule has 4 rings (SSSR count). The van der Waals surface area contributed by atoms with E-state index >= 15 is 0 Å². The maximum atomic E-state index is 11.3. The normalized spacial score (nSPS) is 16.6. The van der Waals surface area contributed by atoms with Gasteiger partial charge in [0.25, 0.3) is 47.3 Å². The van der Waals surface area contributed by atoms with Crippen molar-refractivity contribution < 1.29 is 86.4 Å². The number of carbonyl (C=O) groups excluding carboxylic acids is 12. The summed E-state index contributed by atoms with van der Waals surface area (Å²) in [4.78, 5) is 151. The van der Waals surface area contributed by atoms with Gasteiger partial charge in [-0.25, -0.2) is 19.2 Å². The highest BCUT2D eigenvalue weighted by atomic mass is 16.8. The highest BCUT2D eigenvalue weighted by molar-refractivity contribution is 6.13. The van der Waals surface area contributed by atoms with E-state index in [4.69, 9.17) is 14.3 Å². The smallest absolute Gasteiger partial charge is 0.427 e. The third kappa shape index (κ3) is 16.7. The standard InChI is InChI=1S/C9H13NO5.C9H11NO5.C9H13NO4.C9H11NO4/c2*1-9(2,3)14-8(13)15-10-6(11)4-5-7(10)12;2*1-9(2,3)8(13)14-10-6(11)4-5-7(10)12/h4-5H2,1-3H3;4-5H,1-3H3;4-5H2,1-3H3;4-5H,1-3H3. The molecule has 8 amide bonds. The third-order valence-corrected chi connectivity index (χ3v) is 6.23. The van der Waals surface area contributed by atoms with E-state index in [0.29, 0.717) is 20.3 Å². The first-order chi connectivity index (χ1) is 26.2. The Bertz CT molecular complexity index is 1650. The summed E-state index contributed by atoms with van der Waals surface area (Å²) < 4.78 is 9.55. The number of hydrogen-bond acceptors (Lipinski definition) is 18. The van der Waals surface area contributed by atoms with Gasteiger partial charge in [-0.15, -0.1) is 5.06 Å². The van der Waals surface area contributed by atoms with Crippen molar-refractivity contribution in [3.63, 3.8) is 0 Å². The number of carbonyl (C=O) groups is 12. The molecule has 0 radical (unpaired) electrons. The number of hydroxylamine groups is 8. The lowest BCUT2D eigenvalue weighted by molar-refractivity contribution is -0.203. The van der Waals surface area contributed by atoms with E-state index < -0.39 is 93.5 Å². The van der Waals surface area contributed by atoms with Crippen molar-refractivity contribution in [1.29, 1.82) is 0 Å². The third-order valence-electron chi connectivity index (χ3n) is 6.23. The van der Waals surface area contributed by atoms with Crippen molar-refractivity contribution in [3.05, 3.63) is 24.3 Å². The molecule has 0 N–H and O–H groups in total. The minimum absolute atomic E-state index is 0.0711. The highest BCUT2D eigenvalue weighted by Crippen LogP contribution is 2.20. The minimum Gasteiger partial charge on any atom is -0.427 e. The molecule has 0 spiro atoms. The van der Waals surface area contributed by atoms with Crippen molar-refractivity contribution in [3.8, 4) is 0 Å². The van der Waals surface area contributed by atoms with Gasteiger partial charge >= 0.3 is 24.2 Å². The van der Waals surface area contributed by atoms with Gasteiger partial charge in [0, 0.05) is 50.0 Å². The Balaban J connectivity index is 0.000000387. The Morgan fingerprint density at radius 1 is 0.397 bits per heavy atom. The fraction of sp³-hybridized carbons (Fsp3) is 0.556. The minimum atomic E-state index is -1.09. The number of ether oxygens (including phenoxy) is 2. The van der Waals surface area contributed by atoms with Crippen LogP contribution in [0.2, 0.25) is 0 Å². The van der Waals surface area contributed by atoms with Crippen LogP contribution in [0.1, 0.15) is 109 Å². The Hall–Kier alpha value is -6.48. The van der Waals surface area contributed by atoms with Gasteiger partial charge in [-0.05, 0) is 83.1 Å². The van der Waals surface area contributed by atoms with E-state index in [1.807, 2.05) is 0 Å². The van der Waals surface area contributed by atoms with Gasteiger partial charge < -0.3 is 19.1 Å². The summed E-state index contributed by atoms with van der Waals surface area (Å²) in [6.45, 7) is 19.7. The number of hydrogen-bond donors (Lipinski definition) is 0. The molecule has 2 saturated heterocycles. The van der Waals surface area contributed by atoms with E-state index in [1.54, 1.807) is 83.1 Å². The van der Waals surface area contributed by atoms with E-state index in [-0.39, 0.29) is 25.7 Å². The number of rotatable bonds is 4. The molecule has 0 atom stereocenters. The topological polar surface area (TPSA) is 273 Å². The molecule has 4 heterocycles. The first-order valence-corrected chi connectivity index (χ1v) is 17.3. The SMILES string of the molecule is CC(C)(C)C(=O)ON1C(=O)C=CC1=O.CC(C)(C)C(=O)ON1C(=O)CCC1=O.CC(C)(C)OC(=O)ON1C(=O)C=CC1=O.CC(C)(C)OC(=O)ON1C(=O)CCC1=O. The number of amides is 8. The fourth-order valence-electron chi connectivity index (χ4n) is 3.39. The molecule has 0 saturated carbocycles. The molecule has 320 valence electrons. The largest absolute Gasteiger partial charge is 0.534 e. The second-order valence-electron chi connectivity index (χ2n) is 16.1. The summed E-state index contributed by atoms with van der Waals surface area (Å²) in [5, 5.41) is 1.81. The van der Waals surface area contributed by atoms with Gasteiger partial charge in [0.1, 0.15) is 11.2 Å². The maximum Gasteiger partial charge on any atom is 0.534 e. The van der Waals surface area contributed by atoms with Crippen LogP contribution in [0.3, 0.4) is 0 Å². The first-order valence-electron chi connectivity index (χ1n) is 17.3. The average Bonchev–Trinajstić information content (AvgIpc) is 3.76. The van der Waals surface area contributed by atoms with E-state index in [1.165, 1.54) is 0 Å². The summed E-state index contributed by atoms with van der Waals surface area (Å²) in [6, 6.07) is 0. The van der Waals surface area contributed by atoms with E-state index in [2.05, 4.69) is 14.5 Å². The monoisotopic (exact) mass is 824 g/mol. The van der Waals surface area contributed by atoms with Gasteiger partial charge in [0.2, 0.25) is 0 Å². The van der Waals surface area contributed by atoms with Crippen LogP contribution in [0.4, 0.5) is 9.59 Å². The molecule has 58 heavy (non-hydrogen) atoms. The zero-order valence-electron chi connectivity index (χ0n) is 34.3. The molecule has 4 aliphatic rings. The van der Waals surface area contributed by atoms with Crippen LogP contribution in [-0.2, 0) is 76.8 Å². The predicted molar refractivity (Wildman–Crippen MR) is 190 cm³/mol. The van der Waals surface area contributed by atoms with Crippen LogP contribution in [0.15, 0.2) is 24.3 Å². The summed E-state index contributed by atoms with van der Waals surface area (Å²) in [5.41, 5.74) is -2.93. The molecule has 22 nitrogen and oxygen atoms in total. The molecular weight excluding hydrogens is 776 g/mol. The maximum absolute atomic E-state index is 11.3. The van der Waals surface area contributed by atoms with Crippen LogP contribution in [0.25, 0.3) is 0 Å².